The highest BCUT2D eigenvalue weighted by atomic mass is 19.3. The molecule has 0 saturated carbocycles. The largest absolute Gasteiger partial charge is 0.466 e. The number of alkyl halides is 2. The fourth-order valence-corrected chi connectivity index (χ4v) is 2.09. The second-order valence-electron chi connectivity index (χ2n) is 4.50. The average molecular weight is 269 g/mol. The molecular weight excluding hydrogens is 252 g/mol. The number of furan rings is 1. The molecule has 0 amide bonds. The Morgan fingerprint density at radius 1 is 1.42 bits per heavy atom. The van der Waals surface area contributed by atoms with Crippen LogP contribution >= 0.6 is 0 Å². The summed E-state index contributed by atoms with van der Waals surface area (Å²) in [6, 6.07) is 1.97. The first-order valence-electron chi connectivity index (χ1n) is 6.09. The first kappa shape index (κ1) is 13.7. The number of hydrogen-bond donors (Lipinski definition) is 1. The van der Waals surface area contributed by atoms with Gasteiger partial charge >= 0.3 is 6.55 Å². The van der Waals surface area contributed by atoms with Gasteiger partial charge in [-0.3, -0.25) is 4.57 Å². The Hall–Kier alpha value is -1.69. The molecule has 0 aromatic carbocycles. The summed E-state index contributed by atoms with van der Waals surface area (Å²) >= 11 is 0. The number of nitrogens with one attached hydrogen (secondary N) is 1. The van der Waals surface area contributed by atoms with Crippen LogP contribution in [-0.2, 0) is 6.54 Å². The highest BCUT2D eigenvalue weighted by molar-refractivity contribution is 5.23. The third-order valence-corrected chi connectivity index (χ3v) is 3.07. The minimum atomic E-state index is -2.56. The molecule has 4 nitrogen and oxygen atoms in total. The van der Waals surface area contributed by atoms with Crippen LogP contribution in [0.5, 0.6) is 0 Å². The monoisotopic (exact) mass is 269 g/mol. The van der Waals surface area contributed by atoms with Crippen LogP contribution in [0.2, 0.25) is 0 Å². The summed E-state index contributed by atoms with van der Waals surface area (Å²) in [5, 5.41) is 3.17. The van der Waals surface area contributed by atoms with Gasteiger partial charge in [-0.15, -0.1) is 0 Å². The van der Waals surface area contributed by atoms with Gasteiger partial charge in [0.25, 0.3) is 0 Å². The lowest BCUT2D eigenvalue weighted by Crippen LogP contribution is -2.21. The molecule has 2 aromatic rings. The first-order chi connectivity index (χ1) is 8.99. The van der Waals surface area contributed by atoms with E-state index in [2.05, 4.69) is 10.3 Å². The van der Waals surface area contributed by atoms with E-state index in [9.17, 15) is 8.78 Å². The van der Waals surface area contributed by atoms with E-state index < -0.39 is 6.55 Å². The zero-order valence-electron chi connectivity index (χ0n) is 11.2. The number of rotatable bonds is 5. The lowest BCUT2D eigenvalue weighted by Gasteiger charge is -2.13. The smallest absolute Gasteiger partial charge is 0.319 e. The van der Waals surface area contributed by atoms with Gasteiger partial charge in [-0.25, -0.2) is 4.98 Å². The second kappa shape index (κ2) is 5.52. The van der Waals surface area contributed by atoms with Crippen molar-refractivity contribution in [1.29, 1.82) is 0 Å². The summed E-state index contributed by atoms with van der Waals surface area (Å²) in [5.74, 6) is 2.00. The van der Waals surface area contributed by atoms with Crippen molar-refractivity contribution in [2.75, 3.05) is 0 Å². The van der Waals surface area contributed by atoms with E-state index in [4.69, 9.17) is 4.42 Å². The molecule has 0 saturated heterocycles. The maximum Gasteiger partial charge on any atom is 0.319 e. The van der Waals surface area contributed by atoms with Gasteiger partial charge in [0.15, 0.2) is 0 Å². The van der Waals surface area contributed by atoms with Crippen molar-refractivity contribution >= 4 is 0 Å². The summed E-state index contributed by atoms with van der Waals surface area (Å²) in [7, 11) is 0. The summed E-state index contributed by atoms with van der Waals surface area (Å²) in [6.07, 6.45) is 2.65. The molecule has 2 heterocycles. The van der Waals surface area contributed by atoms with E-state index in [1.165, 1.54) is 12.4 Å². The van der Waals surface area contributed by atoms with E-state index in [0.717, 1.165) is 21.7 Å². The molecule has 1 unspecified atom stereocenters. The molecule has 1 atom stereocenters. The topological polar surface area (TPSA) is 43.0 Å². The van der Waals surface area contributed by atoms with Crippen LogP contribution in [0, 0.1) is 13.8 Å². The van der Waals surface area contributed by atoms with Crippen molar-refractivity contribution < 1.29 is 13.2 Å². The van der Waals surface area contributed by atoms with Crippen LogP contribution in [0.4, 0.5) is 8.78 Å². The molecule has 0 aliphatic heterocycles. The Morgan fingerprint density at radius 2 is 2.16 bits per heavy atom. The summed E-state index contributed by atoms with van der Waals surface area (Å²) in [5.41, 5.74) is 1.03. The molecular formula is C13H17F2N3O. The van der Waals surface area contributed by atoms with Gasteiger partial charge in [0.1, 0.15) is 17.3 Å². The van der Waals surface area contributed by atoms with Crippen molar-refractivity contribution in [1.82, 2.24) is 14.9 Å². The maximum atomic E-state index is 12.7. The van der Waals surface area contributed by atoms with E-state index in [1.807, 2.05) is 26.8 Å². The number of nitrogens with zero attached hydrogens (tertiary/aromatic N) is 2. The van der Waals surface area contributed by atoms with Gasteiger partial charge in [0.05, 0.1) is 6.54 Å². The van der Waals surface area contributed by atoms with Gasteiger partial charge in [0.2, 0.25) is 0 Å². The van der Waals surface area contributed by atoms with Crippen molar-refractivity contribution in [2.24, 2.45) is 0 Å². The summed E-state index contributed by atoms with van der Waals surface area (Å²) in [6.45, 7) is 3.45. The number of hydrogen-bond acceptors (Lipinski definition) is 3. The van der Waals surface area contributed by atoms with Gasteiger partial charge in [-0.05, 0) is 26.8 Å². The Bertz CT molecular complexity index is 548. The van der Waals surface area contributed by atoms with E-state index in [0.29, 0.717) is 5.82 Å². The van der Waals surface area contributed by atoms with Crippen LogP contribution in [0.1, 0.15) is 42.4 Å². The Balaban J connectivity index is 2.02. The van der Waals surface area contributed by atoms with E-state index in [-0.39, 0.29) is 12.6 Å². The fourth-order valence-electron chi connectivity index (χ4n) is 2.09. The zero-order valence-corrected chi connectivity index (χ0v) is 11.2. The minimum absolute atomic E-state index is 0.0141. The van der Waals surface area contributed by atoms with Crippen LogP contribution in [-0.4, -0.2) is 9.55 Å². The van der Waals surface area contributed by atoms with Crippen molar-refractivity contribution in [3.63, 3.8) is 0 Å². The summed E-state index contributed by atoms with van der Waals surface area (Å²) in [4.78, 5) is 3.93. The molecule has 104 valence electrons. The van der Waals surface area contributed by atoms with Crippen LogP contribution in [0.3, 0.4) is 0 Å². The van der Waals surface area contributed by atoms with Crippen LogP contribution in [0.25, 0.3) is 0 Å². The van der Waals surface area contributed by atoms with E-state index in [1.54, 1.807) is 0 Å². The van der Waals surface area contributed by atoms with Crippen molar-refractivity contribution in [3.8, 4) is 0 Å². The fraction of sp³-hybridized carbons (Fsp3) is 0.462. The van der Waals surface area contributed by atoms with Crippen LogP contribution in [0.15, 0.2) is 22.9 Å². The van der Waals surface area contributed by atoms with Crippen molar-refractivity contribution in [2.45, 2.75) is 39.9 Å². The first-order valence-corrected chi connectivity index (χ1v) is 6.09. The minimum Gasteiger partial charge on any atom is -0.466 e. The van der Waals surface area contributed by atoms with E-state index >= 15 is 0 Å². The third-order valence-electron chi connectivity index (χ3n) is 3.07. The Labute approximate surface area is 110 Å². The summed E-state index contributed by atoms with van der Waals surface area (Å²) < 4.78 is 31.6. The highest BCUT2D eigenvalue weighted by Gasteiger charge is 2.15. The Kier molecular flexibility index (Phi) is 3.99. The van der Waals surface area contributed by atoms with Crippen LogP contribution < -0.4 is 5.32 Å². The molecule has 1 N–H and O–H groups in total. The van der Waals surface area contributed by atoms with Crippen molar-refractivity contribution in [3.05, 3.63) is 41.4 Å². The van der Waals surface area contributed by atoms with Gasteiger partial charge < -0.3 is 9.73 Å². The van der Waals surface area contributed by atoms with Gasteiger partial charge in [-0.1, -0.05) is 0 Å². The lowest BCUT2D eigenvalue weighted by atomic mass is 10.1. The second-order valence-corrected chi connectivity index (χ2v) is 4.50. The molecule has 2 rings (SSSR count). The Morgan fingerprint density at radius 3 is 2.74 bits per heavy atom. The molecule has 19 heavy (non-hydrogen) atoms. The third kappa shape index (κ3) is 3.01. The quantitative estimate of drug-likeness (QED) is 0.905. The maximum absolute atomic E-state index is 12.7. The molecule has 0 aliphatic rings. The normalized spacial score (nSPS) is 13.2. The molecule has 0 spiro atoms. The number of aromatic nitrogens is 2. The average Bonchev–Trinajstić information content (AvgIpc) is 2.92. The number of aryl methyl sites for hydroxylation is 2. The number of imidazole rings is 1. The molecule has 6 heteroatoms. The predicted molar refractivity (Wildman–Crippen MR) is 66.9 cm³/mol. The number of halogens is 2. The zero-order chi connectivity index (χ0) is 14.0. The SMILES string of the molecule is Cc1cc(C(C)NCc2nccn2C(F)F)c(C)o1. The molecule has 0 fully saturated rings. The molecule has 2 aromatic heterocycles. The highest BCUT2D eigenvalue weighted by Crippen LogP contribution is 2.21. The van der Waals surface area contributed by atoms with Gasteiger partial charge in [-0.2, -0.15) is 8.78 Å². The lowest BCUT2D eigenvalue weighted by molar-refractivity contribution is 0.0665. The predicted octanol–water partition coefficient (Wildman–Crippen LogP) is 3.34. The molecule has 0 aliphatic carbocycles. The van der Waals surface area contributed by atoms with Gasteiger partial charge in [0, 0.05) is 24.0 Å². The molecule has 0 radical (unpaired) electrons. The standard InChI is InChI=1S/C13H17F2N3O/c1-8-6-11(10(3)19-8)9(2)17-7-12-16-4-5-18(12)13(14)15/h4-6,9,13,17H,7H2,1-3H3. The molecule has 0 bridgehead atoms.